The third-order valence-corrected chi connectivity index (χ3v) is 4.00. The highest BCUT2D eigenvalue weighted by Crippen LogP contribution is 2.30. The van der Waals surface area contributed by atoms with Crippen LogP contribution in [0.2, 0.25) is 0 Å². The summed E-state index contributed by atoms with van der Waals surface area (Å²) in [6.45, 7) is 0. The zero-order valence-electron chi connectivity index (χ0n) is 16.0. The number of amides is 2. The Morgan fingerprint density at radius 3 is 2.03 bits per heavy atom. The van der Waals surface area contributed by atoms with Gasteiger partial charge in [-0.05, 0) is 35.9 Å². The lowest BCUT2D eigenvalue weighted by Crippen LogP contribution is -2.31. The summed E-state index contributed by atoms with van der Waals surface area (Å²) < 4.78 is 41.9. The first-order valence-electron chi connectivity index (χ1n) is 9.11. The smallest absolute Gasteiger partial charge is 0.404 e. The second-order valence-electron chi connectivity index (χ2n) is 6.29. The molecule has 5 nitrogen and oxygen atoms in total. The molecule has 0 radical (unpaired) electrons. The van der Waals surface area contributed by atoms with Gasteiger partial charge in [-0.2, -0.15) is 0 Å². The molecule has 0 aliphatic carbocycles. The van der Waals surface area contributed by atoms with Gasteiger partial charge in [-0.3, -0.25) is 9.59 Å². The summed E-state index contributed by atoms with van der Waals surface area (Å²) in [7, 11) is 0. The number of rotatable bonds is 6. The Morgan fingerprint density at radius 2 is 1.39 bits per heavy atom. The monoisotopic (exact) mass is 426 g/mol. The predicted octanol–water partition coefficient (Wildman–Crippen LogP) is 4.99. The molecular weight excluding hydrogens is 409 g/mol. The molecule has 2 amide bonds. The van der Waals surface area contributed by atoms with Crippen molar-refractivity contribution in [3.05, 3.63) is 102 Å². The fraction of sp³-hybridized carbons (Fsp3) is 0.0435. The molecule has 0 aliphatic rings. The number of nitrogens with one attached hydrogen (secondary N) is 2. The number of carbonyl (C=O) groups excluding carboxylic acids is 2. The van der Waals surface area contributed by atoms with Crippen LogP contribution in [0.4, 0.5) is 18.9 Å². The topological polar surface area (TPSA) is 67.4 Å². The summed E-state index contributed by atoms with van der Waals surface area (Å²) in [5.41, 5.74) is 0.579. The van der Waals surface area contributed by atoms with Crippen molar-refractivity contribution in [1.82, 2.24) is 5.32 Å². The van der Waals surface area contributed by atoms with E-state index in [0.717, 1.165) is 6.07 Å². The van der Waals surface area contributed by atoms with Gasteiger partial charge in [-0.25, -0.2) is 0 Å². The second-order valence-corrected chi connectivity index (χ2v) is 6.29. The predicted molar refractivity (Wildman–Crippen MR) is 110 cm³/mol. The van der Waals surface area contributed by atoms with Crippen molar-refractivity contribution in [2.75, 3.05) is 5.32 Å². The van der Waals surface area contributed by atoms with E-state index >= 15 is 0 Å². The van der Waals surface area contributed by atoms with Crippen molar-refractivity contribution < 1.29 is 27.5 Å². The number of anilines is 1. The molecule has 0 saturated carbocycles. The largest absolute Gasteiger partial charge is 0.573 e. The van der Waals surface area contributed by atoms with E-state index in [1.165, 1.54) is 24.3 Å². The summed E-state index contributed by atoms with van der Waals surface area (Å²) in [5.74, 6) is -1.93. The lowest BCUT2D eigenvalue weighted by atomic mass is 10.1. The lowest BCUT2D eigenvalue weighted by Gasteiger charge is -2.15. The van der Waals surface area contributed by atoms with E-state index in [9.17, 15) is 22.8 Å². The molecule has 3 rings (SSSR count). The van der Waals surface area contributed by atoms with Crippen LogP contribution in [0.3, 0.4) is 0 Å². The molecule has 0 bridgehead atoms. The minimum Gasteiger partial charge on any atom is -0.404 e. The van der Waals surface area contributed by atoms with Crippen LogP contribution in [0, 0.1) is 0 Å². The van der Waals surface area contributed by atoms with Gasteiger partial charge in [-0.15, -0.1) is 13.2 Å². The molecule has 3 aromatic rings. The lowest BCUT2D eigenvalue weighted by molar-refractivity contribution is -0.274. The fourth-order valence-electron chi connectivity index (χ4n) is 2.63. The quantitative estimate of drug-likeness (QED) is 0.546. The first kappa shape index (κ1) is 21.6. The van der Waals surface area contributed by atoms with Crippen molar-refractivity contribution in [3.8, 4) is 5.75 Å². The average Bonchev–Trinajstić information content (AvgIpc) is 2.75. The average molecular weight is 426 g/mol. The summed E-state index contributed by atoms with van der Waals surface area (Å²) in [6.07, 6.45) is -3.51. The Morgan fingerprint density at radius 1 is 0.806 bits per heavy atom. The summed E-state index contributed by atoms with van der Waals surface area (Å²) in [6, 6.07) is 22.0. The normalized spacial score (nSPS) is 11.5. The van der Waals surface area contributed by atoms with Gasteiger partial charge in [-0.1, -0.05) is 60.7 Å². The molecule has 0 fully saturated rings. The van der Waals surface area contributed by atoms with Gasteiger partial charge in [0, 0.05) is 5.56 Å². The number of alkyl halides is 3. The highest BCUT2D eigenvalue weighted by atomic mass is 19.4. The van der Waals surface area contributed by atoms with Gasteiger partial charge in [0.25, 0.3) is 11.8 Å². The summed E-state index contributed by atoms with van der Waals surface area (Å²) in [4.78, 5) is 25.4. The molecule has 0 saturated heterocycles. The van der Waals surface area contributed by atoms with Crippen LogP contribution in [0.5, 0.6) is 5.75 Å². The molecule has 3 aromatic carbocycles. The first-order valence-corrected chi connectivity index (χ1v) is 9.11. The molecule has 0 atom stereocenters. The molecule has 158 valence electrons. The van der Waals surface area contributed by atoms with Crippen LogP contribution in [0.15, 0.2) is 90.6 Å². The first-order chi connectivity index (χ1) is 14.8. The SMILES string of the molecule is O=C(Nc1ccccc1OC(F)(F)F)C(=Cc1ccccc1)NC(=O)c1ccccc1. The fourth-order valence-corrected chi connectivity index (χ4v) is 2.63. The van der Waals surface area contributed by atoms with Gasteiger partial charge in [0.2, 0.25) is 0 Å². The van der Waals surface area contributed by atoms with Gasteiger partial charge in [0.15, 0.2) is 5.75 Å². The number of benzene rings is 3. The molecule has 0 heterocycles. The summed E-state index contributed by atoms with van der Waals surface area (Å²) in [5, 5.41) is 4.88. The zero-order valence-corrected chi connectivity index (χ0v) is 16.0. The highest BCUT2D eigenvalue weighted by molar-refractivity contribution is 6.11. The van der Waals surface area contributed by atoms with E-state index in [2.05, 4.69) is 15.4 Å². The van der Waals surface area contributed by atoms with Gasteiger partial charge < -0.3 is 15.4 Å². The van der Waals surface area contributed by atoms with Crippen molar-refractivity contribution >= 4 is 23.6 Å². The van der Waals surface area contributed by atoms with Gasteiger partial charge in [0.1, 0.15) is 5.70 Å². The van der Waals surface area contributed by atoms with Crippen LogP contribution < -0.4 is 15.4 Å². The second kappa shape index (κ2) is 9.62. The van der Waals surface area contributed by atoms with Crippen molar-refractivity contribution in [1.29, 1.82) is 0 Å². The Balaban J connectivity index is 1.89. The van der Waals surface area contributed by atoms with E-state index in [1.807, 2.05) is 0 Å². The molecule has 31 heavy (non-hydrogen) atoms. The maximum Gasteiger partial charge on any atom is 0.573 e. The number of carbonyl (C=O) groups is 2. The van der Waals surface area contributed by atoms with E-state index in [1.54, 1.807) is 60.7 Å². The van der Waals surface area contributed by atoms with Crippen LogP contribution in [0.25, 0.3) is 6.08 Å². The minimum absolute atomic E-state index is 0.151. The molecule has 8 heteroatoms. The molecular formula is C23H17F3N2O3. The summed E-state index contributed by atoms with van der Waals surface area (Å²) >= 11 is 0. The Kier molecular flexibility index (Phi) is 6.71. The standard InChI is InChI=1S/C23H17F3N2O3/c24-23(25,26)31-20-14-8-7-13-18(20)27-22(30)19(15-16-9-3-1-4-10-16)28-21(29)17-11-5-2-6-12-17/h1-15H,(H,27,30)(H,28,29). The number of hydrogen-bond donors (Lipinski definition) is 2. The number of ether oxygens (including phenoxy) is 1. The van der Waals surface area contributed by atoms with Gasteiger partial charge >= 0.3 is 6.36 Å². The maximum atomic E-state index is 12.9. The zero-order chi connectivity index (χ0) is 22.3. The van der Waals surface area contributed by atoms with E-state index in [0.29, 0.717) is 11.1 Å². The van der Waals surface area contributed by atoms with Crippen LogP contribution in [0.1, 0.15) is 15.9 Å². The molecule has 0 aliphatic heterocycles. The van der Waals surface area contributed by atoms with Crippen molar-refractivity contribution in [2.45, 2.75) is 6.36 Å². The van der Waals surface area contributed by atoms with Crippen molar-refractivity contribution in [3.63, 3.8) is 0 Å². The molecule has 0 spiro atoms. The molecule has 0 unspecified atom stereocenters. The molecule has 0 aromatic heterocycles. The van der Waals surface area contributed by atoms with Gasteiger partial charge in [0.05, 0.1) is 5.69 Å². The Bertz CT molecular complexity index is 1080. The van der Waals surface area contributed by atoms with Crippen molar-refractivity contribution in [2.24, 2.45) is 0 Å². The third-order valence-electron chi connectivity index (χ3n) is 4.00. The third kappa shape index (κ3) is 6.46. The van der Waals surface area contributed by atoms with Crippen LogP contribution >= 0.6 is 0 Å². The minimum atomic E-state index is -4.93. The van der Waals surface area contributed by atoms with Crippen LogP contribution in [-0.4, -0.2) is 18.2 Å². The number of halogens is 3. The molecule has 2 N–H and O–H groups in total. The maximum absolute atomic E-state index is 12.9. The van der Waals surface area contributed by atoms with E-state index in [4.69, 9.17) is 0 Å². The van der Waals surface area contributed by atoms with E-state index in [-0.39, 0.29) is 11.4 Å². The number of para-hydroxylation sites is 2. The number of hydrogen-bond acceptors (Lipinski definition) is 3. The van der Waals surface area contributed by atoms with E-state index < -0.39 is 23.9 Å². The Labute approximate surface area is 176 Å². The highest BCUT2D eigenvalue weighted by Gasteiger charge is 2.32. The Hall–Kier alpha value is -4.07. The van der Waals surface area contributed by atoms with Crippen LogP contribution in [-0.2, 0) is 4.79 Å².